The number of ether oxygens (including phenoxy) is 1. The Morgan fingerprint density at radius 3 is 2.64 bits per heavy atom. The Morgan fingerprint density at radius 2 is 1.89 bits per heavy atom. The van der Waals surface area contributed by atoms with Crippen molar-refractivity contribution < 1.29 is 17.5 Å². The van der Waals surface area contributed by atoms with Gasteiger partial charge in [-0.3, -0.25) is 0 Å². The third-order valence-electron chi connectivity index (χ3n) is 4.26. The zero-order chi connectivity index (χ0) is 19.6. The number of hydrogen-bond acceptors (Lipinski definition) is 7. The van der Waals surface area contributed by atoms with Crippen LogP contribution in [0.15, 0.2) is 46.0 Å². The van der Waals surface area contributed by atoms with E-state index in [0.29, 0.717) is 37.1 Å². The Kier molecular flexibility index (Phi) is 5.74. The molecular weight excluding hydrogens is 421 g/mol. The molecule has 0 spiro atoms. The minimum absolute atomic E-state index is 0.280. The Labute approximate surface area is 170 Å². The summed E-state index contributed by atoms with van der Waals surface area (Å²) < 4.78 is 45.4. The number of nitrogens with one attached hydrogen (secondary N) is 1. The van der Waals surface area contributed by atoms with Crippen molar-refractivity contribution >= 4 is 37.8 Å². The van der Waals surface area contributed by atoms with Gasteiger partial charge in [0.05, 0.1) is 25.5 Å². The highest BCUT2D eigenvalue weighted by Gasteiger charge is 2.27. The summed E-state index contributed by atoms with van der Waals surface area (Å²) in [5, 5.41) is 5.85. The standard InChI is InChI=1S/C18H18FN3O3S3/c19-14-3-1-13(2-4-14)16-12-26-18(21-16)20-11-15-5-6-17(27-15)28(23,24)22-7-9-25-10-8-22/h1-6,12H,7-11H2,(H,20,21). The number of aromatic nitrogens is 1. The van der Waals surface area contributed by atoms with Gasteiger partial charge in [-0.15, -0.1) is 22.7 Å². The van der Waals surface area contributed by atoms with Crippen LogP contribution in [0.4, 0.5) is 9.52 Å². The van der Waals surface area contributed by atoms with Gasteiger partial charge in [-0.25, -0.2) is 17.8 Å². The molecule has 0 aliphatic carbocycles. The molecule has 1 aliphatic rings. The Balaban J connectivity index is 1.40. The van der Waals surface area contributed by atoms with Crippen LogP contribution >= 0.6 is 22.7 Å². The molecule has 0 saturated carbocycles. The van der Waals surface area contributed by atoms with E-state index in [0.717, 1.165) is 21.3 Å². The molecule has 148 valence electrons. The fraction of sp³-hybridized carbons (Fsp3) is 0.278. The lowest BCUT2D eigenvalue weighted by Crippen LogP contribution is -2.40. The molecule has 1 aromatic carbocycles. The van der Waals surface area contributed by atoms with Crippen LogP contribution in [0.2, 0.25) is 0 Å². The van der Waals surface area contributed by atoms with Gasteiger partial charge in [0.15, 0.2) is 5.13 Å². The fourth-order valence-electron chi connectivity index (χ4n) is 2.78. The third-order valence-corrected chi connectivity index (χ3v) is 8.51. The largest absolute Gasteiger partial charge is 0.379 e. The molecular formula is C18H18FN3O3S3. The molecule has 1 saturated heterocycles. The number of thiazole rings is 1. The predicted octanol–water partition coefficient (Wildman–Crippen LogP) is 3.64. The lowest BCUT2D eigenvalue weighted by Gasteiger charge is -2.25. The Morgan fingerprint density at radius 1 is 1.14 bits per heavy atom. The van der Waals surface area contributed by atoms with Crippen molar-refractivity contribution in [3.05, 3.63) is 52.5 Å². The lowest BCUT2D eigenvalue weighted by atomic mass is 10.2. The van der Waals surface area contributed by atoms with Crippen LogP contribution in [-0.4, -0.2) is 44.0 Å². The summed E-state index contributed by atoms with van der Waals surface area (Å²) >= 11 is 2.71. The first kappa shape index (κ1) is 19.5. The number of morpholine rings is 1. The second-order valence-corrected chi connectivity index (χ2v) is 10.3. The topological polar surface area (TPSA) is 71.5 Å². The van der Waals surface area contributed by atoms with Crippen LogP contribution < -0.4 is 5.32 Å². The highest BCUT2D eigenvalue weighted by molar-refractivity contribution is 7.91. The van der Waals surface area contributed by atoms with Crippen LogP contribution in [0.1, 0.15) is 4.88 Å². The van der Waals surface area contributed by atoms with Gasteiger partial charge in [0, 0.05) is 28.9 Å². The molecule has 10 heteroatoms. The predicted molar refractivity (Wildman–Crippen MR) is 109 cm³/mol. The summed E-state index contributed by atoms with van der Waals surface area (Å²) in [7, 11) is -3.46. The quantitative estimate of drug-likeness (QED) is 0.635. The van der Waals surface area contributed by atoms with Crippen molar-refractivity contribution in [3.63, 3.8) is 0 Å². The van der Waals surface area contributed by atoms with Gasteiger partial charge in [0.25, 0.3) is 10.0 Å². The van der Waals surface area contributed by atoms with Crippen LogP contribution in [0.3, 0.4) is 0 Å². The number of halogens is 1. The maximum absolute atomic E-state index is 13.0. The highest BCUT2D eigenvalue weighted by Crippen LogP contribution is 2.28. The SMILES string of the molecule is O=S(=O)(c1ccc(CNc2nc(-c3ccc(F)cc3)cs2)s1)N1CCOCC1. The first-order chi connectivity index (χ1) is 13.5. The number of hydrogen-bond donors (Lipinski definition) is 1. The van der Waals surface area contributed by atoms with Crippen molar-refractivity contribution in [3.8, 4) is 11.3 Å². The lowest BCUT2D eigenvalue weighted by molar-refractivity contribution is 0.0731. The number of sulfonamides is 1. The fourth-order valence-corrected chi connectivity index (χ4v) is 6.35. The van der Waals surface area contributed by atoms with Gasteiger partial charge < -0.3 is 10.1 Å². The number of benzene rings is 1. The van der Waals surface area contributed by atoms with E-state index >= 15 is 0 Å². The molecule has 0 radical (unpaired) electrons. The number of nitrogens with zero attached hydrogens (tertiary/aromatic N) is 2. The second-order valence-electron chi connectivity index (χ2n) is 6.14. The first-order valence-corrected chi connectivity index (χ1v) is 11.8. The Hall–Kier alpha value is -1.85. The minimum Gasteiger partial charge on any atom is -0.379 e. The first-order valence-electron chi connectivity index (χ1n) is 8.64. The minimum atomic E-state index is -3.46. The normalized spacial score (nSPS) is 15.6. The van der Waals surface area contributed by atoms with Gasteiger partial charge in [-0.1, -0.05) is 0 Å². The van der Waals surface area contributed by atoms with E-state index in [-0.39, 0.29) is 5.82 Å². The van der Waals surface area contributed by atoms with E-state index in [1.165, 1.54) is 39.1 Å². The molecule has 0 unspecified atom stereocenters. The average Bonchev–Trinajstić information content (AvgIpc) is 3.38. The summed E-state index contributed by atoms with van der Waals surface area (Å²) in [6, 6.07) is 9.66. The Bertz CT molecular complexity index is 1040. The molecule has 1 fully saturated rings. The van der Waals surface area contributed by atoms with E-state index in [2.05, 4.69) is 10.3 Å². The van der Waals surface area contributed by atoms with Crippen molar-refractivity contribution in [1.29, 1.82) is 0 Å². The summed E-state index contributed by atoms with van der Waals surface area (Å²) in [6.07, 6.45) is 0. The zero-order valence-corrected chi connectivity index (χ0v) is 17.2. The molecule has 2 aromatic heterocycles. The molecule has 4 rings (SSSR count). The molecule has 1 N–H and O–H groups in total. The molecule has 1 aliphatic heterocycles. The summed E-state index contributed by atoms with van der Waals surface area (Å²) in [5.41, 5.74) is 1.62. The van der Waals surface area contributed by atoms with E-state index in [4.69, 9.17) is 4.74 Å². The molecule has 0 atom stereocenters. The van der Waals surface area contributed by atoms with Gasteiger partial charge in [-0.2, -0.15) is 4.31 Å². The van der Waals surface area contributed by atoms with E-state index < -0.39 is 10.0 Å². The number of rotatable bonds is 6. The maximum atomic E-state index is 13.0. The highest BCUT2D eigenvalue weighted by atomic mass is 32.2. The number of anilines is 1. The van der Waals surface area contributed by atoms with Gasteiger partial charge in [0.1, 0.15) is 10.0 Å². The average molecular weight is 440 g/mol. The monoisotopic (exact) mass is 439 g/mol. The summed E-state index contributed by atoms with van der Waals surface area (Å²) in [4.78, 5) is 5.41. The zero-order valence-electron chi connectivity index (χ0n) is 14.8. The van der Waals surface area contributed by atoms with Crippen molar-refractivity contribution in [1.82, 2.24) is 9.29 Å². The smallest absolute Gasteiger partial charge is 0.252 e. The van der Waals surface area contributed by atoms with E-state index in [1.54, 1.807) is 18.2 Å². The van der Waals surface area contributed by atoms with Gasteiger partial charge >= 0.3 is 0 Å². The maximum Gasteiger partial charge on any atom is 0.252 e. The number of thiophene rings is 1. The molecule has 0 bridgehead atoms. The van der Waals surface area contributed by atoms with Crippen LogP contribution in [0.25, 0.3) is 11.3 Å². The van der Waals surface area contributed by atoms with Gasteiger partial charge in [-0.05, 0) is 36.4 Å². The molecule has 0 amide bonds. The van der Waals surface area contributed by atoms with Crippen LogP contribution in [-0.2, 0) is 21.3 Å². The third kappa shape index (κ3) is 4.26. The van der Waals surface area contributed by atoms with Crippen LogP contribution in [0.5, 0.6) is 0 Å². The second kappa shape index (κ2) is 8.26. The van der Waals surface area contributed by atoms with Crippen molar-refractivity contribution in [2.45, 2.75) is 10.8 Å². The molecule has 3 heterocycles. The van der Waals surface area contributed by atoms with Crippen molar-refractivity contribution in [2.24, 2.45) is 0 Å². The molecule has 6 nitrogen and oxygen atoms in total. The van der Waals surface area contributed by atoms with E-state index in [9.17, 15) is 12.8 Å². The molecule has 3 aromatic rings. The van der Waals surface area contributed by atoms with Crippen molar-refractivity contribution in [2.75, 3.05) is 31.6 Å². The van der Waals surface area contributed by atoms with E-state index in [1.807, 2.05) is 11.4 Å². The summed E-state index contributed by atoms with van der Waals surface area (Å²) in [6.45, 7) is 2.12. The van der Waals surface area contributed by atoms with Crippen LogP contribution in [0, 0.1) is 5.82 Å². The van der Waals surface area contributed by atoms with Gasteiger partial charge in [0.2, 0.25) is 0 Å². The molecule has 28 heavy (non-hydrogen) atoms. The summed E-state index contributed by atoms with van der Waals surface area (Å²) in [5.74, 6) is -0.280.